The van der Waals surface area contributed by atoms with Gasteiger partial charge in [-0.05, 0) is 90.5 Å². The molecule has 0 unspecified atom stereocenters. The Hall–Kier alpha value is -5.56. The number of H-pyrrole nitrogens is 4. The van der Waals surface area contributed by atoms with Gasteiger partial charge in [0.1, 0.15) is 0 Å². The molecule has 1 aliphatic heterocycles. The molecule has 0 radical (unpaired) electrons. The lowest BCUT2D eigenvalue weighted by atomic mass is 10.0. The molecule has 240 valence electrons. The summed E-state index contributed by atoms with van der Waals surface area (Å²) < 4.78 is 1.90. The smallest absolute Gasteiger partial charge is 0.0642 e. The van der Waals surface area contributed by atoms with Gasteiger partial charge in [0.05, 0.1) is 19.6 Å². The minimum atomic E-state index is 0.949. The molecule has 9 rings (SSSR count). The van der Waals surface area contributed by atoms with Crippen LogP contribution in [-0.4, -0.2) is 19.9 Å². The quantitative estimate of drug-likeness (QED) is 0.141. The van der Waals surface area contributed by atoms with Crippen LogP contribution in [-0.2, 0) is 0 Å². The topological polar surface area (TPSA) is 63.2 Å². The summed E-state index contributed by atoms with van der Waals surface area (Å²) in [4.78, 5) is 15.4. The largest absolute Gasteiger partial charge is 0.354 e. The van der Waals surface area contributed by atoms with Crippen molar-refractivity contribution in [1.29, 1.82) is 0 Å². The molecule has 4 N–H and O–H groups in total. The van der Waals surface area contributed by atoms with Crippen LogP contribution in [0.15, 0.2) is 167 Å². The highest BCUT2D eigenvalue weighted by molar-refractivity contribution is 9.13. The molecule has 5 heterocycles. The molecular formula is C44H30Br2N4. The summed E-state index contributed by atoms with van der Waals surface area (Å²) in [6.07, 6.45) is 0. The van der Waals surface area contributed by atoms with Crippen LogP contribution in [0.3, 0.4) is 0 Å². The van der Waals surface area contributed by atoms with Gasteiger partial charge in [-0.15, -0.1) is 0 Å². The summed E-state index contributed by atoms with van der Waals surface area (Å²) in [5.74, 6) is 0. The highest BCUT2D eigenvalue weighted by Crippen LogP contribution is 2.30. The first-order valence-corrected chi connectivity index (χ1v) is 18.1. The Bertz CT molecular complexity index is 2560. The maximum Gasteiger partial charge on any atom is 0.0642 e. The fourth-order valence-corrected chi connectivity index (χ4v) is 8.05. The fourth-order valence-electron chi connectivity index (χ4n) is 7.06. The number of aromatic nitrogens is 4. The van der Waals surface area contributed by atoms with Crippen molar-refractivity contribution < 1.29 is 0 Å². The zero-order valence-electron chi connectivity index (χ0n) is 26.8. The van der Waals surface area contributed by atoms with Crippen LogP contribution in [0.1, 0.15) is 45.0 Å². The van der Waals surface area contributed by atoms with Crippen LogP contribution in [0.4, 0.5) is 0 Å². The Morgan fingerprint density at radius 3 is 0.920 bits per heavy atom. The van der Waals surface area contributed by atoms with Gasteiger partial charge in [0.25, 0.3) is 0 Å². The van der Waals surface area contributed by atoms with E-state index in [0.717, 1.165) is 97.7 Å². The van der Waals surface area contributed by atoms with E-state index in [1.807, 2.05) is 0 Å². The van der Waals surface area contributed by atoms with Gasteiger partial charge >= 0.3 is 0 Å². The van der Waals surface area contributed by atoms with E-state index in [4.69, 9.17) is 0 Å². The molecule has 0 saturated heterocycles. The predicted octanol–water partition coefficient (Wildman–Crippen LogP) is 7.83. The molecule has 8 bridgehead atoms. The molecule has 0 atom stereocenters. The Morgan fingerprint density at radius 1 is 0.280 bits per heavy atom. The van der Waals surface area contributed by atoms with E-state index >= 15 is 0 Å². The van der Waals surface area contributed by atoms with Crippen molar-refractivity contribution in [1.82, 2.24) is 19.9 Å². The summed E-state index contributed by atoms with van der Waals surface area (Å²) in [5.41, 5.74) is 12.8. The molecule has 0 aliphatic carbocycles. The van der Waals surface area contributed by atoms with Crippen LogP contribution in [0.25, 0.3) is 22.3 Å². The number of hydrogen-bond acceptors (Lipinski definition) is 0. The second-order valence-corrected chi connectivity index (χ2v) is 13.9. The van der Waals surface area contributed by atoms with Gasteiger partial charge in [0.2, 0.25) is 0 Å². The van der Waals surface area contributed by atoms with Crippen molar-refractivity contribution in [3.05, 3.63) is 233 Å². The van der Waals surface area contributed by atoms with Crippen molar-refractivity contribution in [3.63, 3.8) is 0 Å². The van der Waals surface area contributed by atoms with Crippen LogP contribution in [0, 0.1) is 0 Å². The lowest BCUT2D eigenvalue weighted by molar-refractivity contribution is 1.18. The average molecular weight is 775 g/mol. The Balaban J connectivity index is 1.48. The van der Waals surface area contributed by atoms with Crippen LogP contribution in [0.2, 0.25) is 0 Å². The SMILES string of the molecule is Brc1c(Br)c2[nH]c1=C(c1ccccc1)c1ccc([nH]1)C(c1ccccc1)=c1ccc([nH]1)=C(c1ccccc1)c1ccc([nH]1)C=2c1ccccc1. The van der Waals surface area contributed by atoms with Crippen molar-refractivity contribution in [2.75, 3.05) is 0 Å². The maximum atomic E-state index is 4.02. The molecule has 8 aromatic rings. The van der Waals surface area contributed by atoms with E-state index in [1.54, 1.807) is 0 Å². The number of nitrogens with one attached hydrogen (secondary N) is 4. The van der Waals surface area contributed by atoms with E-state index in [1.165, 1.54) is 0 Å². The van der Waals surface area contributed by atoms with Crippen LogP contribution in [0.5, 0.6) is 0 Å². The minimum Gasteiger partial charge on any atom is -0.354 e. The highest BCUT2D eigenvalue weighted by atomic mass is 79.9. The monoisotopic (exact) mass is 772 g/mol. The molecule has 4 aromatic carbocycles. The van der Waals surface area contributed by atoms with E-state index < -0.39 is 0 Å². The molecule has 6 heteroatoms. The Kier molecular flexibility index (Phi) is 7.76. The van der Waals surface area contributed by atoms with E-state index in [0.29, 0.717) is 0 Å². The summed E-state index contributed by atoms with van der Waals surface area (Å²) in [6.45, 7) is 0. The third-order valence-electron chi connectivity index (χ3n) is 9.31. The summed E-state index contributed by atoms with van der Waals surface area (Å²) >= 11 is 8.04. The molecule has 50 heavy (non-hydrogen) atoms. The minimum absolute atomic E-state index is 0.949. The molecular weight excluding hydrogens is 744 g/mol. The lowest BCUT2D eigenvalue weighted by Crippen LogP contribution is -2.19. The van der Waals surface area contributed by atoms with Gasteiger partial charge < -0.3 is 19.9 Å². The van der Waals surface area contributed by atoms with Gasteiger partial charge in [-0.1, -0.05) is 121 Å². The van der Waals surface area contributed by atoms with Crippen molar-refractivity contribution >= 4 is 54.2 Å². The molecule has 0 fully saturated rings. The Labute approximate surface area is 305 Å². The number of hydrogen-bond donors (Lipinski definition) is 4. The second-order valence-electron chi connectivity index (χ2n) is 12.3. The number of benzene rings is 4. The van der Waals surface area contributed by atoms with Gasteiger partial charge in [0.15, 0.2) is 0 Å². The third kappa shape index (κ3) is 5.28. The van der Waals surface area contributed by atoms with Crippen LogP contribution >= 0.6 is 31.9 Å². The standard InChI is InChI=1S/C44H30Br2N4/c45-41-42(46)44-40(30-19-11-4-12-20-30)36-26-24-34(49-36)38(28-15-7-2-8-16-28)32-22-21-31(47-32)37(27-13-5-1-6-14-27)33-23-25-35(48-33)39(43(41)50-44)29-17-9-3-10-18-29/h1-26,47-50H. The maximum absolute atomic E-state index is 4.02. The van der Waals surface area contributed by atoms with Crippen LogP contribution < -0.4 is 21.4 Å². The number of rotatable bonds is 4. The van der Waals surface area contributed by atoms with Gasteiger partial charge in [0, 0.05) is 55.8 Å². The number of aromatic amines is 4. The summed E-state index contributed by atoms with van der Waals surface area (Å²) in [6, 6.07) is 55.4. The molecule has 0 amide bonds. The lowest BCUT2D eigenvalue weighted by Gasteiger charge is -2.09. The first kappa shape index (κ1) is 30.5. The van der Waals surface area contributed by atoms with Crippen molar-refractivity contribution in [2.24, 2.45) is 0 Å². The zero-order chi connectivity index (χ0) is 33.6. The molecule has 4 aromatic heterocycles. The zero-order valence-corrected chi connectivity index (χ0v) is 29.9. The van der Waals surface area contributed by atoms with E-state index in [2.05, 4.69) is 210 Å². The highest BCUT2D eigenvalue weighted by Gasteiger charge is 2.21. The third-order valence-corrected chi connectivity index (χ3v) is 11.4. The molecule has 0 saturated carbocycles. The molecule has 4 nitrogen and oxygen atoms in total. The fraction of sp³-hybridized carbons (Fsp3) is 0. The summed E-state index contributed by atoms with van der Waals surface area (Å²) in [7, 11) is 0. The van der Waals surface area contributed by atoms with Gasteiger partial charge in [-0.3, -0.25) is 0 Å². The van der Waals surface area contributed by atoms with E-state index in [9.17, 15) is 0 Å². The first-order chi connectivity index (χ1) is 24.6. The van der Waals surface area contributed by atoms with Gasteiger partial charge in [-0.25, -0.2) is 0 Å². The summed E-state index contributed by atoms with van der Waals surface area (Å²) in [5, 5.41) is 3.99. The van der Waals surface area contributed by atoms with Gasteiger partial charge in [-0.2, -0.15) is 0 Å². The molecule has 0 spiro atoms. The number of halogens is 2. The average Bonchev–Trinajstić information content (AvgIpc) is 3.99. The second kappa shape index (κ2) is 12.7. The van der Waals surface area contributed by atoms with Crippen molar-refractivity contribution in [2.45, 2.75) is 0 Å². The normalized spacial score (nSPS) is 12.8. The molecule has 1 aliphatic rings. The first-order valence-electron chi connectivity index (χ1n) is 16.5. The Morgan fingerprint density at radius 2 is 0.580 bits per heavy atom. The van der Waals surface area contributed by atoms with E-state index in [-0.39, 0.29) is 0 Å². The van der Waals surface area contributed by atoms with Crippen molar-refractivity contribution in [3.8, 4) is 0 Å². The number of fused-ring (bicyclic) bond motifs is 8. The predicted molar refractivity (Wildman–Crippen MR) is 209 cm³/mol.